The van der Waals surface area contributed by atoms with E-state index in [0.29, 0.717) is 5.56 Å². The molecule has 1 N–H and O–H groups in total. The van der Waals surface area contributed by atoms with Crippen LogP contribution in [-0.2, 0) is 9.59 Å². The topological polar surface area (TPSA) is 89.9 Å². The Bertz CT molecular complexity index is 1360. The van der Waals surface area contributed by atoms with E-state index >= 15 is 0 Å². The van der Waals surface area contributed by atoms with Crippen LogP contribution in [0.2, 0.25) is 0 Å². The summed E-state index contributed by atoms with van der Waals surface area (Å²) in [6.45, 7) is 13.1. The van der Waals surface area contributed by atoms with E-state index in [0.717, 1.165) is 22.3 Å². The number of esters is 2. The third-order valence-electron chi connectivity index (χ3n) is 5.28. The molecule has 0 aliphatic rings. The van der Waals surface area contributed by atoms with Gasteiger partial charge in [-0.25, -0.2) is 9.59 Å². The van der Waals surface area contributed by atoms with Gasteiger partial charge in [0.1, 0.15) is 5.60 Å². The first-order valence-electron chi connectivity index (χ1n) is 11.2. The van der Waals surface area contributed by atoms with Gasteiger partial charge in [-0.05, 0) is 68.1 Å². The van der Waals surface area contributed by atoms with Gasteiger partial charge in [-0.3, -0.25) is 4.79 Å². The number of aliphatic hydroxyl groups is 1. The molecule has 0 bridgehead atoms. The lowest BCUT2D eigenvalue weighted by Gasteiger charge is -2.16. The first-order valence-corrected chi connectivity index (χ1v) is 11.2. The Balaban J connectivity index is 1.94. The van der Waals surface area contributed by atoms with Gasteiger partial charge in [0, 0.05) is 16.7 Å². The lowest BCUT2D eigenvalue weighted by Crippen LogP contribution is -2.31. The van der Waals surface area contributed by atoms with E-state index in [9.17, 15) is 19.5 Å². The zero-order valence-electron chi connectivity index (χ0n) is 20.8. The first kappa shape index (κ1) is 26.3. The van der Waals surface area contributed by atoms with Crippen LogP contribution in [-0.4, -0.2) is 28.4 Å². The van der Waals surface area contributed by atoms with Gasteiger partial charge >= 0.3 is 11.9 Å². The number of hydrogen-bond acceptors (Lipinski definition) is 6. The van der Waals surface area contributed by atoms with Crippen LogP contribution in [0.15, 0.2) is 91.0 Å². The maximum atomic E-state index is 12.4. The molecule has 0 aliphatic carbocycles. The van der Waals surface area contributed by atoms with Crippen LogP contribution in [0.1, 0.15) is 38.1 Å². The summed E-state index contributed by atoms with van der Waals surface area (Å²) in [6.07, 6.45) is 0. The van der Waals surface area contributed by atoms with Crippen molar-refractivity contribution in [2.45, 2.75) is 33.3 Å². The van der Waals surface area contributed by atoms with Crippen LogP contribution in [0.4, 0.5) is 0 Å². The summed E-state index contributed by atoms with van der Waals surface area (Å²) in [6, 6.07) is 19.6. The van der Waals surface area contributed by atoms with Crippen molar-refractivity contribution in [3.8, 4) is 33.8 Å². The summed E-state index contributed by atoms with van der Waals surface area (Å²) in [7, 11) is 0. The fourth-order valence-electron chi connectivity index (χ4n) is 3.27. The number of carbonyl (C=O) groups is 3. The van der Waals surface area contributed by atoms with Gasteiger partial charge in [-0.1, -0.05) is 61.7 Å². The van der Waals surface area contributed by atoms with Crippen molar-refractivity contribution >= 4 is 17.7 Å². The molecule has 184 valence electrons. The largest absolute Gasteiger partial charge is 0.419 e. The Labute approximate surface area is 210 Å². The van der Waals surface area contributed by atoms with Crippen LogP contribution >= 0.6 is 0 Å². The maximum Gasteiger partial charge on any atom is 0.338 e. The molecule has 0 heterocycles. The van der Waals surface area contributed by atoms with Gasteiger partial charge in [-0.15, -0.1) is 0 Å². The van der Waals surface area contributed by atoms with Gasteiger partial charge < -0.3 is 14.6 Å². The SMILES string of the molecule is C=C(C)C(=O)Oc1ccc(-c2ccc(-c3cccc(C(=O)C(C)(C)O)c3)cc2)cc1OC(=O)C(=C)C. The number of rotatable bonds is 8. The molecule has 36 heavy (non-hydrogen) atoms. The molecule has 3 rings (SSSR count). The van der Waals surface area contributed by atoms with Crippen molar-refractivity contribution in [3.05, 3.63) is 96.6 Å². The van der Waals surface area contributed by atoms with E-state index in [4.69, 9.17) is 9.47 Å². The molecule has 0 spiro atoms. The number of Topliss-reactive ketones (excluding diaryl/α,β-unsaturated/α-hetero) is 1. The molecule has 0 saturated carbocycles. The van der Waals surface area contributed by atoms with E-state index in [1.165, 1.54) is 27.7 Å². The summed E-state index contributed by atoms with van der Waals surface area (Å²) in [5.74, 6) is -1.46. The molecule has 0 amide bonds. The molecular weight excluding hydrogens is 456 g/mol. The molecule has 0 aliphatic heterocycles. The van der Waals surface area contributed by atoms with Crippen molar-refractivity contribution in [2.24, 2.45) is 0 Å². The van der Waals surface area contributed by atoms with Gasteiger partial charge in [-0.2, -0.15) is 0 Å². The fourth-order valence-corrected chi connectivity index (χ4v) is 3.27. The van der Waals surface area contributed by atoms with Gasteiger partial charge in [0.25, 0.3) is 0 Å². The van der Waals surface area contributed by atoms with Gasteiger partial charge in [0.05, 0.1) is 0 Å². The van der Waals surface area contributed by atoms with Crippen molar-refractivity contribution in [2.75, 3.05) is 0 Å². The first-order chi connectivity index (χ1) is 16.9. The highest BCUT2D eigenvalue weighted by Gasteiger charge is 2.25. The Morgan fingerprint density at radius 3 is 1.67 bits per heavy atom. The standard InChI is InChI=1S/C30H28O6/c1-18(2)28(32)35-25-15-14-23(17-26(25)36-29(33)19(3)4)21-12-10-20(11-13-21)22-8-7-9-24(16-22)27(31)30(5,6)34/h7-17,34H,1,3H2,2,4-6H3. The molecule has 6 nitrogen and oxygen atoms in total. The van der Waals surface area contributed by atoms with Crippen molar-refractivity contribution in [1.29, 1.82) is 0 Å². The molecule has 0 aromatic heterocycles. The highest BCUT2D eigenvalue weighted by atomic mass is 16.6. The Morgan fingerprint density at radius 1 is 0.694 bits per heavy atom. The fraction of sp³-hybridized carbons (Fsp3) is 0.167. The van der Waals surface area contributed by atoms with E-state index in [2.05, 4.69) is 13.2 Å². The Morgan fingerprint density at radius 2 is 1.17 bits per heavy atom. The van der Waals surface area contributed by atoms with Crippen LogP contribution < -0.4 is 9.47 Å². The third-order valence-corrected chi connectivity index (χ3v) is 5.28. The number of carbonyl (C=O) groups excluding carboxylic acids is 3. The number of hydrogen-bond donors (Lipinski definition) is 1. The summed E-state index contributed by atoms with van der Waals surface area (Å²) in [5, 5.41) is 10.0. The van der Waals surface area contributed by atoms with E-state index in [1.54, 1.807) is 36.4 Å². The summed E-state index contributed by atoms with van der Waals surface area (Å²) < 4.78 is 10.7. The molecule has 0 saturated heterocycles. The third kappa shape index (κ3) is 6.23. The minimum absolute atomic E-state index is 0.0806. The van der Waals surface area contributed by atoms with Crippen LogP contribution in [0.3, 0.4) is 0 Å². The van der Waals surface area contributed by atoms with Crippen molar-refractivity contribution in [3.63, 3.8) is 0 Å². The van der Waals surface area contributed by atoms with Crippen molar-refractivity contribution in [1.82, 2.24) is 0 Å². The minimum Gasteiger partial charge on any atom is -0.419 e. The van der Waals surface area contributed by atoms with E-state index in [1.807, 2.05) is 30.3 Å². The predicted octanol–water partition coefficient (Wildman–Crippen LogP) is 5.94. The Hall–Kier alpha value is -4.29. The second kappa shape index (κ2) is 10.5. The number of ketones is 1. The van der Waals surface area contributed by atoms with Crippen LogP contribution in [0.5, 0.6) is 11.5 Å². The van der Waals surface area contributed by atoms with Crippen LogP contribution in [0, 0.1) is 0 Å². The number of benzene rings is 3. The summed E-state index contributed by atoms with van der Waals surface area (Å²) >= 11 is 0. The second-order valence-corrected chi connectivity index (χ2v) is 9.05. The van der Waals surface area contributed by atoms with Crippen molar-refractivity contribution < 1.29 is 29.0 Å². The monoisotopic (exact) mass is 484 g/mol. The summed E-state index contributed by atoms with van der Waals surface area (Å²) in [4.78, 5) is 36.6. The molecule has 0 fully saturated rings. The average molecular weight is 485 g/mol. The van der Waals surface area contributed by atoms with Gasteiger partial charge in [0.15, 0.2) is 17.3 Å². The summed E-state index contributed by atoms with van der Waals surface area (Å²) in [5.41, 5.74) is 2.64. The second-order valence-electron chi connectivity index (χ2n) is 9.05. The van der Waals surface area contributed by atoms with E-state index in [-0.39, 0.29) is 28.4 Å². The Kier molecular flexibility index (Phi) is 7.71. The highest BCUT2D eigenvalue weighted by Crippen LogP contribution is 2.34. The molecule has 0 unspecified atom stereocenters. The minimum atomic E-state index is -1.46. The number of ether oxygens (including phenoxy) is 2. The zero-order valence-corrected chi connectivity index (χ0v) is 20.8. The van der Waals surface area contributed by atoms with E-state index < -0.39 is 17.5 Å². The van der Waals surface area contributed by atoms with Crippen LogP contribution in [0.25, 0.3) is 22.3 Å². The maximum absolute atomic E-state index is 12.4. The molecule has 0 radical (unpaired) electrons. The van der Waals surface area contributed by atoms with Gasteiger partial charge in [0.2, 0.25) is 0 Å². The normalized spacial score (nSPS) is 10.9. The highest BCUT2D eigenvalue weighted by molar-refractivity contribution is 6.02. The zero-order chi connectivity index (χ0) is 26.6. The molecule has 3 aromatic carbocycles. The molecule has 6 heteroatoms. The predicted molar refractivity (Wildman–Crippen MR) is 139 cm³/mol. The molecule has 0 atom stereocenters. The quantitative estimate of drug-likeness (QED) is 0.184. The lowest BCUT2D eigenvalue weighted by atomic mass is 9.93. The lowest BCUT2D eigenvalue weighted by molar-refractivity contribution is -0.132. The average Bonchev–Trinajstić information content (AvgIpc) is 2.84. The smallest absolute Gasteiger partial charge is 0.338 e. The molecular formula is C30H28O6. The molecule has 3 aromatic rings.